The number of anilines is 1. The van der Waals surface area contributed by atoms with Crippen molar-refractivity contribution in [1.29, 1.82) is 0 Å². The largest absolute Gasteiger partial charge is 0.401 e. The van der Waals surface area contributed by atoms with Crippen LogP contribution in [0, 0.1) is 0 Å². The van der Waals surface area contributed by atoms with Gasteiger partial charge in [-0.05, 0) is 35.4 Å². The van der Waals surface area contributed by atoms with Crippen LogP contribution in [-0.4, -0.2) is 21.1 Å². The van der Waals surface area contributed by atoms with E-state index in [1.165, 1.54) is 0 Å². The fourth-order valence-corrected chi connectivity index (χ4v) is 2.48. The number of hydrogen-bond donors (Lipinski definition) is 1. The lowest BCUT2D eigenvalue weighted by Gasteiger charge is -2.04. The topological polar surface area (TPSA) is 80.9 Å². The molecule has 4 aromatic rings. The summed E-state index contributed by atoms with van der Waals surface area (Å²) in [4.78, 5) is 16.5. The zero-order valence-electron chi connectivity index (χ0n) is 13.7. The quantitative estimate of drug-likeness (QED) is 0.605. The van der Waals surface area contributed by atoms with Crippen LogP contribution in [0.2, 0.25) is 0 Å². The highest BCUT2D eigenvalue weighted by molar-refractivity contribution is 6.03. The molecule has 0 radical (unpaired) electrons. The summed E-state index contributed by atoms with van der Waals surface area (Å²) in [5, 5.41) is 10.3. The Labute approximate surface area is 149 Å². The molecule has 2 aromatic carbocycles. The molecule has 1 N–H and O–H groups in total. The Bertz CT molecular complexity index is 1010. The first kappa shape index (κ1) is 15.7. The van der Waals surface area contributed by atoms with Crippen LogP contribution in [0.15, 0.2) is 83.4 Å². The lowest BCUT2D eigenvalue weighted by Crippen LogP contribution is -2.11. The molecule has 4 rings (SSSR count). The van der Waals surface area contributed by atoms with Crippen molar-refractivity contribution in [2.24, 2.45) is 0 Å². The van der Waals surface area contributed by atoms with Gasteiger partial charge in [0.25, 0.3) is 11.8 Å². The minimum absolute atomic E-state index is 0.0304. The third-order valence-corrected chi connectivity index (χ3v) is 3.78. The molecule has 0 bridgehead atoms. The minimum Gasteiger partial charge on any atom is -0.401 e. The van der Waals surface area contributed by atoms with Crippen LogP contribution in [0.1, 0.15) is 10.4 Å². The third kappa shape index (κ3) is 3.34. The SMILES string of the molecule is O=C(Nc1nnc(-c2ccccn2)o1)c1ccc(-c2ccccc2)cc1. The zero-order chi connectivity index (χ0) is 17.8. The predicted molar refractivity (Wildman–Crippen MR) is 97.4 cm³/mol. The van der Waals surface area contributed by atoms with Gasteiger partial charge in [-0.1, -0.05) is 53.6 Å². The van der Waals surface area contributed by atoms with E-state index in [-0.39, 0.29) is 17.8 Å². The van der Waals surface area contributed by atoms with Crippen LogP contribution in [0.25, 0.3) is 22.7 Å². The molecule has 126 valence electrons. The Morgan fingerprint density at radius 3 is 2.27 bits per heavy atom. The Morgan fingerprint density at radius 2 is 1.54 bits per heavy atom. The standard InChI is InChI=1S/C20H14N4O2/c25-18(16-11-9-15(10-12-16)14-6-2-1-3-7-14)22-20-24-23-19(26-20)17-8-4-5-13-21-17/h1-13H,(H,22,24,25). The number of rotatable bonds is 4. The summed E-state index contributed by atoms with van der Waals surface area (Å²) in [6.45, 7) is 0. The molecule has 0 aliphatic carbocycles. The number of nitrogens with zero attached hydrogens (tertiary/aromatic N) is 3. The van der Waals surface area contributed by atoms with Crippen molar-refractivity contribution in [3.05, 3.63) is 84.6 Å². The van der Waals surface area contributed by atoms with Gasteiger partial charge in [-0.25, -0.2) is 0 Å². The van der Waals surface area contributed by atoms with Gasteiger partial charge >= 0.3 is 6.01 Å². The Balaban J connectivity index is 1.48. The van der Waals surface area contributed by atoms with Crippen LogP contribution < -0.4 is 5.32 Å². The first-order chi connectivity index (χ1) is 12.8. The summed E-state index contributed by atoms with van der Waals surface area (Å²) >= 11 is 0. The van der Waals surface area contributed by atoms with Gasteiger partial charge in [-0.3, -0.25) is 15.1 Å². The average molecular weight is 342 g/mol. The van der Waals surface area contributed by atoms with Crippen LogP contribution in [0.3, 0.4) is 0 Å². The molecule has 0 aliphatic heterocycles. The zero-order valence-corrected chi connectivity index (χ0v) is 13.7. The van der Waals surface area contributed by atoms with E-state index in [0.29, 0.717) is 11.3 Å². The fourth-order valence-electron chi connectivity index (χ4n) is 2.48. The van der Waals surface area contributed by atoms with Gasteiger partial charge in [0.2, 0.25) is 0 Å². The van der Waals surface area contributed by atoms with Gasteiger partial charge in [0, 0.05) is 11.8 Å². The number of pyridine rings is 1. The van der Waals surface area contributed by atoms with Crippen molar-refractivity contribution in [1.82, 2.24) is 15.2 Å². The lowest BCUT2D eigenvalue weighted by molar-refractivity contribution is 0.102. The minimum atomic E-state index is -0.319. The van der Waals surface area contributed by atoms with Crippen molar-refractivity contribution in [2.75, 3.05) is 5.32 Å². The molecular formula is C20H14N4O2. The van der Waals surface area contributed by atoms with Crippen LogP contribution in [-0.2, 0) is 0 Å². The first-order valence-electron chi connectivity index (χ1n) is 8.01. The second-order valence-corrected chi connectivity index (χ2v) is 5.52. The summed E-state index contributed by atoms with van der Waals surface area (Å²) in [5.74, 6) is -0.0684. The van der Waals surface area contributed by atoms with Crippen LogP contribution >= 0.6 is 0 Å². The first-order valence-corrected chi connectivity index (χ1v) is 8.01. The van der Waals surface area contributed by atoms with Crippen molar-refractivity contribution < 1.29 is 9.21 Å². The predicted octanol–water partition coefficient (Wildman–Crippen LogP) is 4.05. The van der Waals surface area contributed by atoms with Crippen LogP contribution in [0.4, 0.5) is 6.01 Å². The van der Waals surface area contributed by atoms with E-state index >= 15 is 0 Å². The number of amides is 1. The van der Waals surface area contributed by atoms with E-state index in [1.807, 2.05) is 48.5 Å². The Hall–Kier alpha value is -3.80. The summed E-state index contributed by atoms with van der Waals surface area (Å²) in [6.07, 6.45) is 1.63. The highest BCUT2D eigenvalue weighted by Gasteiger charge is 2.13. The van der Waals surface area contributed by atoms with Gasteiger partial charge in [-0.15, -0.1) is 5.10 Å². The van der Waals surface area contributed by atoms with Crippen molar-refractivity contribution in [3.8, 4) is 22.7 Å². The molecule has 1 amide bonds. The number of carbonyl (C=O) groups excluding carboxylic acids is 1. The van der Waals surface area contributed by atoms with Gasteiger partial charge in [-0.2, -0.15) is 0 Å². The normalized spacial score (nSPS) is 10.5. The van der Waals surface area contributed by atoms with Gasteiger partial charge in [0.1, 0.15) is 5.69 Å². The van der Waals surface area contributed by atoms with Crippen molar-refractivity contribution in [3.63, 3.8) is 0 Å². The molecule has 0 unspecified atom stereocenters. The molecule has 2 heterocycles. The maximum Gasteiger partial charge on any atom is 0.322 e. The fraction of sp³-hybridized carbons (Fsp3) is 0. The lowest BCUT2D eigenvalue weighted by atomic mass is 10.0. The molecule has 26 heavy (non-hydrogen) atoms. The Morgan fingerprint density at radius 1 is 0.808 bits per heavy atom. The molecular weight excluding hydrogens is 328 g/mol. The summed E-state index contributed by atoms with van der Waals surface area (Å²) in [5.41, 5.74) is 3.18. The highest BCUT2D eigenvalue weighted by Crippen LogP contribution is 2.20. The molecule has 0 fully saturated rings. The maximum atomic E-state index is 12.4. The smallest absolute Gasteiger partial charge is 0.322 e. The van der Waals surface area contributed by atoms with E-state index in [4.69, 9.17) is 4.42 Å². The molecule has 0 spiro atoms. The molecule has 0 aliphatic rings. The van der Waals surface area contributed by atoms with E-state index in [0.717, 1.165) is 11.1 Å². The third-order valence-electron chi connectivity index (χ3n) is 3.78. The number of nitrogens with one attached hydrogen (secondary N) is 1. The van der Waals surface area contributed by atoms with E-state index < -0.39 is 0 Å². The van der Waals surface area contributed by atoms with Gasteiger partial charge < -0.3 is 4.42 Å². The molecule has 6 nitrogen and oxygen atoms in total. The van der Waals surface area contributed by atoms with Crippen molar-refractivity contribution >= 4 is 11.9 Å². The van der Waals surface area contributed by atoms with Gasteiger partial charge in [0.15, 0.2) is 0 Å². The van der Waals surface area contributed by atoms with Crippen molar-refractivity contribution in [2.45, 2.75) is 0 Å². The van der Waals surface area contributed by atoms with E-state index in [9.17, 15) is 4.79 Å². The highest BCUT2D eigenvalue weighted by atomic mass is 16.4. The Kier molecular flexibility index (Phi) is 4.22. The average Bonchev–Trinajstić information content (AvgIpc) is 3.18. The van der Waals surface area contributed by atoms with E-state index in [1.54, 1.807) is 30.5 Å². The molecule has 0 saturated heterocycles. The number of benzene rings is 2. The maximum absolute atomic E-state index is 12.4. The molecule has 6 heteroatoms. The summed E-state index contributed by atoms with van der Waals surface area (Å²) in [6, 6.07) is 22.7. The molecule has 2 aromatic heterocycles. The molecule has 0 atom stereocenters. The molecule has 0 saturated carbocycles. The summed E-state index contributed by atoms with van der Waals surface area (Å²) in [7, 11) is 0. The van der Waals surface area contributed by atoms with Gasteiger partial charge in [0.05, 0.1) is 0 Å². The number of aromatic nitrogens is 3. The number of carbonyl (C=O) groups is 1. The summed E-state index contributed by atoms with van der Waals surface area (Å²) < 4.78 is 5.44. The second kappa shape index (κ2) is 6.98. The van der Waals surface area contributed by atoms with Crippen LogP contribution in [0.5, 0.6) is 0 Å². The number of hydrogen-bond acceptors (Lipinski definition) is 5. The monoisotopic (exact) mass is 342 g/mol. The van der Waals surface area contributed by atoms with E-state index in [2.05, 4.69) is 20.5 Å². The second-order valence-electron chi connectivity index (χ2n) is 5.52.